The molecule has 4 rings (SSSR count). The van der Waals surface area contributed by atoms with Gasteiger partial charge in [0, 0.05) is 24.6 Å². The van der Waals surface area contributed by atoms with Crippen LogP contribution >= 0.6 is 15.9 Å². The molecule has 21 heavy (non-hydrogen) atoms. The van der Waals surface area contributed by atoms with Crippen LogP contribution < -0.4 is 4.90 Å². The number of hydrogen-bond acceptors (Lipinski definition) is 3. The van der Waals surface area contributed by atoms with Gasteiger partial charge in [-0.05, 0) is 46.5 Å². The minimum Gasteiger partial charge on any atom is -0.365 e. The molecule has 5 heteroatoms. The second-order valence-corrected chi connectivity index (χ2v) is 6.04. The fourth-order valence-electron chi connectivity index (χ4n) is 2.96. The summed E-state index contributed by atoms with van der Waals surface area (Å²) in [5.74, 6) is 0.740. The third-order valence-electron chi connectivity index (χ3n) is 3.96. The van der Waals surface area contributed by atoms with Crippen molar-refractivity contribution in [2.24, 2.45) is 0 Å². The first kappa shape index (κ1) is 12.8. The van der Waals surface area contributed by atoms with Gasteiger partial charge in [-0.1, -0.05) is 18.2 Å². The minimum atomic E-state index is 0.740. The summed E-state index contributed by atoms with van der Waals surface area (Å²) in [5, 5.41) is 0. The maximum atomic E-state index is 4.64. The molecule has 1 aliphatic heterocycles. The van der Waals surface area contributed by atoms with Crippen LogP contribution in [0.1, 0.15) is 17.7 Å². The molecule has 106 valence electrons. The van der Waals surface area contributed by atoms with Crippen molar-refractivity contribution in [3.05, 3.63) is 58.6 Å². The Balaban J connectivity index is 1.71. The highest BCUT2D eigenvalue weighted by molar-refractivity contribution is 9.10. The molecule has 0 unspecified atom stereocenters. The van der Waals surface area contributed by atoms with Gasteiger partial charge >= 0.3 is 0 Å². The van der Waals surface area contributed by atoms with Crippen LogP contribution in [0.5, 0.6) is 0 Å². The van der Waals surface area contributed by atoms with Crippen LogP contribution in [0, 0.1) is 0 Å². The standard InChI is InChI=1S/C16H15BrN4/c17-15-13(19-16-18-8-4-10-21(15)16)11-20-9-3-6-12-5-1-2-7-14(12)20/h1-2,4-5,7-8,10H,3,6,9,11H2. The molecule has 0 aliphatic carbocycles. The lowest BCUT2D eigenvalue weighted by molar-refractivity contribution is 0.684. The summed E-state index contributed by atoms with van der Waals surface area (Å²) in [6.45, 7) is 1.88. The van der Waals surface area contributed by atoms with E-state index in [0.29, 0.717) is 0 Å². The summed E-state index contributed by atoms with van der Waals surface area (Å²) in [7, 11) is 0. The number of rotatable bonds is 2. The lowest BCUT2D eigenvalue weighted by Crippen LogP contribution is -2.29. The summed E-state index contributed by atoms with van der Waals surface area (Å²) in [6.07, 6.45) is 6.11. The van der Waals surface area contributed by atoms with Gasteiger partial charge in [0.05, 0.1) is 12.2 Å². The molecule has 0 bridgehead atoms. The molecule has 0 spiro atoms. The molecular weight excluding hydrogens is 328 g/mol. The molecule has 1 aliphatic rings. The smallest absolute Gasteiger partial charge is 0.234 e. The molecule has 0 fully saturated rings. The number of aryl methyl sites for hydroxylation is 1. The second-order valence-electron chi connectivity index (χ2n) is 5.29. The van der Waals surface area contributed by atoms with E-state index in [1.54, 1.807) is 6.20 Å². The Morgan fingerprint density at radius 3 is 3.00 bits per heavy atom. The van der Waals surface area contributed by atoms with Crippen LogP contribution in [0.25, 0.3) is 5.78 Å². The van der Waals surface area contributed by atoms with E-state index in [-0.39, 0.29) is 0 Å². The Morgan fingerprint density at radius 2 is 2.10 bits per heavy atom. The Labute approximate surface area is 131 Å². The van der Waals surface area contributed by atoms with Gasteiger partial charge in [-0.25, -0.2) is 9.97 Å². The number of nitrogens with zero attached hydrogens (tertiary/aromatic N) is 4. The SMILES string of the molecule is Brc1c(CN2CCCc3ccccc32)nc2ncccn12. The fourth-order valence-corrected chi connectivity index (χ4v) is 3.45. The van der Waals surface area contributed by atoms with E-state index >= 15 is 0 Å². The van der Waals surface area contributed by atoms with Gasteiger partial charge in [-0.15, -0.1) is 0 Å². The molecule has 0 saturated heterocycles. The third kappa shape index (κ3) is 2.21. The van der Waals surface area contributed by atoms with Crippen molar-refractivity contribution in [1.82, 2.24) is 14.4 Å². The first-order valence-corrected chi connectivity index (χ1v) is 7.92. The molecule has 0 radical (unpaired) electrons. The topological polar surface area (TPSA) is 33.4 Å². The van der Waals surface area contributed by atoms with Crippen LogP contribution in [0.15, 0.2) is 47.3 Å². The van der Waals surface area contributed by atoms with Gasteiger partial charge in [-0.2, -0.15) is 0 Å². The predicted octanol–water partition coefficient (Wildman–Crippen LogP) is 3.44. The van der Waals surface area contributed by atoms with Crippen molar-refractivity contribution in [3.63, 3.8) is 0 Å². The molecule has 2 aromatic heterocycles. The molecule has 4 nitrogen and oxygen atoms in total. The average Bonchev–Trinajstić information content (AvgIpc) is 2.85. The lowest BCUT2D eigenvalue weighted by Gasteiger charge is -2.30. The van der Waals surface area contributed by atoms with Gasteiger partial charge in [0.1, 0.15) is 4.60 Å². The summed E-state index contributed by atoms with van der Waals surface area (Å²) < 4.78 is 2.97. The van der Waals surface area contributed by atoms with Crippen molar-refractivity contribution in [3.8, 4) is 0 Å². The van der Waals surface area contributed by atoms with Crippen LogP contribution in [0.4, 0.5) is 5.69 Å². The predicted molar refractivity (Wildman–Crippen MR) is 86.5 cm³/mol. The van der Waals surface area contributed by atoms with Crippen molar-refractivity contribution in [2.45, 2.75) is 19.4 Å². The molecule has 3 aromatic rings. The third-order valence-corrected chi connectivity index (χ3v) is 4.80. The van der Waals surface area contributed by atoms with Crippen LogP contribution in [0.2, 0.25) is 0 Å². The first-order chi connectivity index (χ1) is 10.3. The number of halogens is 1. The number of imidazole rings is 1. The number of para-hydroxylation sites is 1. The highest BCUT2D eigenvalue weighted by atomic mass is 79.9. The molecule has 0 amide bonds. The van der Waals surface area contributed by atoms with E-state index in [4.69, 9.17) is 0 Å². The maximum Gasteiger partial charge on any atom is 0.234 e. The van der Waals surface area contributed by atoms with Gasteiger partial charge in [-0.3, -0.25) is 4.40 Å². The zero-order chi connectivity index (χ0) is 14.2. The number of hydrogen-bond donors (Lipinski definition) is 0. The second kappa shape index (κ2) is 5.15. The summed E-state index contributed by atoms with van der Waals surface area (Å²) >= 11 is 3.65. The van der Waals surface area contributed by atoms with E-state index in [9.17, 15) is 0 Å². The molecule has 3 heterocycles. The van der Waals surface area contributed by atoms with Gasteiger partial charge in [0.15, 0.2) is 0 Å². The van der Waals surface area contributed by atoms with E-state index in [1.165, 1.54) is 24.1 Å². The van der Waals surface area contributed by atoms with E-state index in [2.05, 4.69) is 55.1 Å². The van der Waals surface area contributed by atoms with E-state index in [1.807, 2.05) is 16.7 Å². The fraction of sp³-hybridized carbons (Fsp3) is 0.250. The molecule has 0 saturated carbocycles. The Bertz CT molecular complexity index is 796. The highest BCUT2D eigenvalue weighted by Crippen LogP contribution is 2.29. The minimum absolute atomic E-state index is 0.740. The summed E-state index contributed by atoms with van der Waals surface area (Å²) in [6, 6.07) is 10.6. The summed E-state index contributed by atoms with van der Waals surface area (Å²) in [5.41, 5.74) is 3.80. The van der Waals surface area contributed by atoms with E-state index < -0.39 is 0 Å². The number of fused-ring (bicyclic) bond motifs is 2. The number of benzene rings is 1. The number of aromatic nitrogens is 3. The van der Waals surface area contributed by atoms with Gasteiger partial charge in [0.25, 0.3) is 0 Å². The molecule has 0 N–H and O–H groups in total. The van der Waals surface area contributed by atoms with Crippen molar-refractivity contribution in [1.29, 1.82) is 0 Å². The Kier molecular flexibility index (Phi) is 3.15. The quantitative estimate of drug-likeness (QED) is 0.715. The number of anilines is 1. The maximum absolute atomic E-state index is 4.64. The van der Waals surface area contributed by atoms with Crippen LogP contribution in [-0.2, 0) is 13.0 Å². The normalized spacial score (nSPS) is 14.4. The van der Waals surface area contributed by atoms with Crippen LogP contribution in [-0.4, -0.2) is 20.9 Å². The van der Waals surface area contributed by atoms with Gasteiger partial charge in [0.2, 0.25) is 5.78 Å². The summed E-state index contributed by atoms with van der Waals surface area (Å²) in [4.78, 5) is 11.4. The monoisotopic (exact) mass is 342 g/mol. The zero-order valence-corrected chi connectivity index (χ0v) is 13.1. The molecule has 0 atom stereocenters. The lowest BCUT2D eigenvalue weighted by atomic mass is 10.0. The Morgan fingerprint density at radius 1 is 1.19 bits per heavy atom. The van der Waals surface area contributed by atoms with Crippen molar-refractivity contribution < 1.29 is 0 Å². The van der Waals surface area contributed by atoms with Crippen LogP contribution in [0.3, 0.4) is 0 Å². The zero-order valence-electron chi connectivity index (χ0n) is 11.5. The first-order valence-electron chi connectivity index (χ1n) is 7.13. The largest absolute Gasteiger partial charge is 0.365 e. The average molecular weight is 343 g/mol. The molecule has 1 aromatic carbocycles. The van der Waals surface area contributed by atoms with Gasteiger partial charge < -0.3 is 4.90 Å². The van der Waals surface area contributed by atoms with Crippen molar-refractivity contribution >= 4 is 27.4 Å². The Hall–Kier alpha value is -1.88. The van der Waals surface area contributed by atoms with Crippen molar-refractivity contribution in [2.75, 3.05) is 11.4 Å². The van der Waals surface area contributed by atoms with E-state index in [0.717, 1.165) is 29.2 Å². The highest BCUT2D eigenvalue weighted by Gasteiger charge is 2.19. The molecular formula is C16H15BrN4.